The Morgan fingerprint density at radius 2 is 1.03 bits per heavy atom. The standard InChI is InChI=1S/C26H12F6N4/c1-33-36-23-19-5-3-2-4-18(19)22-24(23)35-21(15-8-12-17(13-9-15)26(30,31)32)20(34-22)14-6-10-16(11-7-14)25(27,28)29/h2-13H/b36-23+. The van der Waals surface area contributed by atoms with Gasteiger partial charge in [0, 0.05) is 22.3 Å². The molecule has 0 bridgehead atoms. The molecule has 0 saturated heterocycles. The molecule has 4 aromatic rings. The monoisotopic (exact) mass is 494 g/mol. The number of alkyl halides is 6. The highest BCUT2D eigenvalue weighted by Gasteiger charge is 2.34. The van der Waals surface area contributed by atoms with Crippen LogP contribution in [0.4, 0.5) is 26.3 Å². The van der Waals surface area contributed by atoms with Crippen LogP contribution >= 0.6 is 0 Å². The summed E-state index contributed by atoms with van der Waals surface area (Å²) in [6.45, 7) is 7.19. The molecule has 1 aromatic heterocycles. The van der Waals surface area contributed by atoms with Crippen LogP contribution in [-0.4, -0.2) is 15.7 Å². The van der Waals surface area contributed by atoms with Crippen LogP contribution in [0.5, 0.6) is 0 Å². The van der Waals surface area contributed by atoms with Crippen LogP contribution in [0, 0.1) is 6.57 Å². The molecule has 10 heteroatoms. The summed E-state index contributed by atoms with van der Waals surface area (Å²) < 4.78 is 78.6. The van der Waals surface area contributed by atoms with E-state index < -0.39 is 23.5 Å². The summed E-state index contributed by atoms with van der Waals surface area (Å²) in [6, 6.07) is 15.5. The second-order valence-corrected chi connectivity index (χ2v) is 7.86. The van der Waals surface area contributed by atoms with Crippen molar-refractivity contribution < 1.29 is 26.3 Å². The van der Waals surface area contributed by atoms with Crippen molar-refractivity contribution >= 4 is 5.71 Å². The van der Waals surface area contributed by atoms with Gasteiger partial charge in [-0.25, -0.2) is 9.97 Å². The predicted octanol–water partition coefficient (Wildman–Crippen LogP) is 7.50. The van der Waals surface area contributed by atoms with Crippen LogP contribution in [-0.2, 0) is 12.4 Å². The molecule has 3 aromatic carbocycles. The van der Waals surface area contributed by atoms with Crippen LogP contribution < -0.4 is 0 Å². The molecule has 0 fully saturated rings. The average molecular weight is 494 g/mol. The maximum atomic E-state index is 13.1. The molecule has 0 radical (unpaired) electrons. The van der Waals surface area contributed by atoms with E-state index in [1.807, 2.05) is 0 Å². The Balaban J connectivity index is 1.76. The van der Waals surface area contributed by atoms with E-state index in [1.54, 1.807) is 24.3 Å². The summed E-state index contributed by atoms with van der Waals surface area (Å²) in [5, 5.41) is 3.86. The Hall–Kier alpha value is -4.52. The summed E-state index contributed by atoms with van der Waals surface area (Å²) in [6.07, 6.45) is -9.09. The number of aromatic nitrogens is 2. The summed E-state index contributed by atoms with van der Waals surface area (Å²) >= 11 is 0. The molecule has 1 aliphatic carbocycles. The quantitative estimate of drug-likeness (QED) is 0.145. The van der Waals surface area contributed by atoms with E-state index in [0.717, 1.165) is 24.3 Å². The molecule has 178 valence electrons. The Bertz CT molecular complexity index is 1540. The molecule has 0 saturated carbocycles. The van der Waals surface area contributed by atoms with Crippen molar-refractivity contribution in [1.82, 2.24) is 9.97 Å². The number of halogens is 6. The first-order valence-corrected chi connectivity index (χ1v) is 10.4. The first kappa shape index (κ1) is 23.2. The fourth-order valence-corrected chi connectivity index (χ4v) is 4.00. The third kappa shape index (κ3) is 3.98. The van der Waals surface area contributed by atoms with Gasteiger partial charge in [-0.15, -0.1) is 4.95 Å². The van der Waals surface area contributed by atoms with Crippen molar-refractivity contribution in [3.8, 4) is 33.8 Å². The van der Waals surface area contributed by atoms with E-state index >= 15 is 0 Å². The van der Waals surface area contributed by atoms with E-state index in [9.17, 15) is 26.3 Å². The predicted molar refractivity (Wildman–Crippen MR) is 121 cm³/mol. The van der Waals surface area contributed by atoms with Crippen molar-refractivity contribution in [3.05, 3.63) is 107 Å². The number of hydrogen-bond acceptors (Lipinski definition) is 3. The van der Waals surface area contributed by atoms with Crippen molar-refractivity contribution in [1.29, 1.82) is 0 Å². The molecule has 5 rings (SSSR count). The minimum absolute atomic E-state index is 0.146. The summed E-state index contributed by atoms with van der Waals surface area (Å²) in [5.41, 5.74) is 1.31. The van der Waals surface area contributed by atoms with Gasteiger partial charge in [-0.05, 0) is 24.3 Å². The maximum Gasteiger partial charge on any atom is 0.416 e. The van der Waals surface area contributed by atoms with Gasteiger partial charge in [0.2, 0.25) is 0 Å². The zero-order chi connectivity index (χ0) is 25.7. The van der Waals surface area contributed by atoms with Crippen LogP contribution in [0.25, 0.3) is 38.7 Å². The summed E-state index contributed by atoms with van der Waals surface area (Å²) in [4.78, 5) is 12.4. The van der Waals surface area contributed by atoms with E-state index in [1.165, 1.54) is 24.3 Å². The second kappa shape index (κ2) is 8.30. The van der Waals surface area contributed by atoms with Gasteiger partial charge >= 0.3 is 12.4 Å². The molecule has 0 unspecified atom stereocenters. The molecule has 0 N–H and O–H groups in total. The van der Waals surface area contributed by atoms with Gasteiger partial charge in [0.25, 0.3) is 0 Å². The third-order valence-corrected chi connectivity index (χ3v) is 5.68. The fraction of sp³-hybridized carbons (Fsp3) is 0.0769. The number of rotatable bonds is 2. The lowest BCUT2D eigenvalue weighted by Crippen LogP contribution is -2.06. The van der Waals surface area contributed by atoms with Gasteiger partial charge in [-0.1, -0.05) is 48.5 Å². The van der Waals surface area contributed by atoms with Crippen LogP contribution in [0.1, 0.15) is 22.4 Å². The van der Waals surface area contributed by atoms with Crippen LogP contribution in [0.3, 0.4) is 0 Å². The fourth-order valence-electron chi connectivity index (χ4n) is 4.00. The zero-order valence-electron chi connectivity index (χ0n) is 18.0. The van der Waals surface area contributed by atoms with Crippen molar-refractivity contribution in [3.63, 3.8) is 0 Å². The highest BCUT2D eigenvalue weighted by atomic mass is 19.4. The Kier molecular flexibility index (Phi) is 5.36. The first-order valence-electron chi connectivity index (χ1n) is 10.4. The van der Waals surface area contributed by atoms with E-state index in [4.69, 9.17) is 6.57 Å². The third-order valence-electron chi connectivity index (χ3n) is 5.68. The average Bonchev–Trinajstić information content (AvgIpc) is 3.15. The van der Waals surface area contributed by atoms with Gasteiger partial charge in [0.05, 0.1) is 33.3 Å². The molecular weight excluding hydrogens is 482 g/mol. The van der Waals surface area contributed by atoms with Crippen LogP contribution in [0.2, 0.25) is 0 Å². The van der Waals surface area contributed by atoms with Crippen molar-refractivity contribution in [2.75, 3.05) is 0 Å². The van der Waals surface area contributed by atoms with Gasteiger partial charge in [0.1, 0.15) is 5.69 Å². The lowest BCUT2D eigenvalue weighted by atomic mass is 10.0. The van der Waals surface area contributed by atoms with Crippen molar-refractivity contribution in [2.24, 2.45) is 5.10 Å². The largest absolute Gasteiger partial charge is 0.416 e. The second-order valence-electron chi connectivity index (χ2n) is 7.86. The normalized spacial score (nSPS) is 13.9. The molecule has 1 heterocycles. The molecule has 0 atom stereocenters. The topological polar surface area (TPSA) is 42.5 Å². The Morgan fingerprint density at radius 1 is 0.583 bits per heavy atom. The maximum absolute atomic E-state index is 13.1. The smallest absolute Gasteiger partial charge is 0.243 e. The highest BCUT2D eigenvalue weighted by Crippen LogP contribution is 2.41. The lowest BCUT2D eigenvalue weighted by Gasteiger charge is -2.13. The molecule has 0 spiro atoms. The van der Waals surface area contributed by atoms with Crippen LogP contribution in [0.15, 0.2) is 77.9 Å². The summed E-state index contributed by atoms with van der Waals surface area (Å²) in [7, 11) is 0. The number of hydrogen-bond donors (Lipinski definition) is 0. The SMILES string of the molecule is [C-]#[N+]/N=C1\c2ccccc2-c2nc(-c3ccc(C(F)(F)F)cc3)c(-c3ccc(C(F)(F)F)cc3)nc21. The minimum Gasteiger partial charge on any atom is -0.243 e. The summed E-state index contributed by atoms with van der Waals surface area (Å²) in [5.74, 6) is 0. The molecular formula is C26H12F6N4. The number of nitrogens with zero attached hydrogens (tertiary/aromatic N) is 4. The molecule has 4 nitrogen and oxygen atoms in total. The number of fused-ring (bicyclic) bond motifs is 3. The highest BCUT2D eigenvalue weighted by molar-refractivity contribution is 6.23. The van der Waals surface area contributed by atoms with Gasteiger partial charge in [-0.3, -0.25) is 0 Å². The molecule has 0 aliphatic heterocycles. The Morgan fingerprint density at radius 3 is 1.47 bits per heavy atom. The number of benzene rings is 3. The Labute approximate surface area is 200 Å². The van der Waals surface area contributed by atoms with E-state index in [0.29, 0.717) is 22.4 Å². The van der Waals surface area contributed by atoms with E-state index in [-0.39, 0.29) is 28.4 Å². The molecule has 36 heavy (non-hydrogen) atoms. The van der Waals surface area contributed by atoms with E-state index in [2.05, 4.69) is 20.0 Å². The first-order chi connectivity index (χ1) is 17.1. The lowest BCUT2D eigenvalue weighted by molar-refractivity contribution is -0.138. The molecule has 1 aliphatic rings. The van der Waals surface area contributed by atoms with Crippen molar-refractivity contribution in [2.45, 2.75) is 12.4 Å². The minimum atomic E-state index is -4.55. The van der Waals surface area contributed by atoms with Gasteiger partial charge in [0.15, 0.2) is 5.71 Å². The van der Waals surface area contributed by atoms with Gasteiger partial charge < -0.3 is 0 Å². The zero-order valence-corrected chi connectivity index (χ0v) is 18.0. The van der Waals surface area contributed by atoms with Gasteiger partial charge in [-0.2, -0.15) is 32.9 Å². The molecule has 0 amide bonds.